The van der Waals surface area contributed by atoms with Crippen LogP contribution in [0.2, 0.25) is 0 Å². The molecule has 0 amide bonds. The molecule has 0 unspecified atom stereocenters. The van der Waals surface area contributed by atoms with Gasteiger partial charge in [-0.25, -0.2) is 4.39 Å². The van der Waals surface area contributed by atoms with Gasteiger partial charge in [-0.3, -0.25) is 0 Å². The van der Waals surface area contributed by atoms with Crippen LogP contribution < -0.4 is 5.32 Å². The van der Waals surface area contributed by atoms with E-state index in [-0.39, 0.29) is 5.82 Å². The second-order valence-corrected chi connectivity index (χ2v) is 5.66. The lowest BCUT2D eigenvalue weighted by molar-refractivity contribution is 0.625. The van der Waals surface area contributed by atoms with Gasteiger partial charge in [-0.05, 0) is 42.0 Å². The van der Waals surface area contributed by atoms with Gasteiger partial charge in [0.15, 0.2) is 0 Å². The van der Waals surface area contributed by atoms with E-state index >= 15 is 0 Å². The number of hydrogen-bond donors (Lipinski definition) is 1. The molecule has 0 bridgehead atoms. The summed E-state index contributed by atoms with van der Waals surface area (Å²) < 4.78 is 14.8. The van der Waals surface area contributed by atoms with Gasteiger partial charge in [0.2, 0.25) is 0 Å². The molecule has 19 heavy (non-hydrogen) atoms. The van der Waals surface area contributed by atoms with E-state index in [9.17, 15) is 4.39 Å². The van der Waals surface area contributed by atoms with Crippen molar-refractivity contribution in [3.05, 3.63) is 62.3 Å². The minimum Gasteiger partial charge on any atom is -0.380 e. The molecule has 0 aromatic heterocycles. The van der Waals surface area contributed by atoms with Crippen LogP contribution in [0.5, 0.6) is 0 Å². The van der Waals surface area contributed by atoms with Gasteiger partial charge >= 0.3 is 0 Å². The Morgan fingerprint density at radius 2 is 1.95 bits per heavy atom. The molecule has 0 radical (unpaired) electrons. The average Bonchev–Trinajstić information content (AvgIpc) is 2.40. The Kier molecular flexibility index (Phi) is 4.56. The molecule has 2 aromatic carbocycles. The molecule has 2 nitrogen and oxygen atoms in total. The molecule has 0 aliphatic heterocycles. The Morgan fingerprint density at radius 1 is 1.16 bits per heavy atom. The fourth-order valence-electron chi connectivity index (χ4n) is 1.63. The van der Waals surface area contributed by atoms with Gasteiger partial charge in [-0.1, -0.05) is 31.9 Å². The molecule has 2 rings (SSSR count). The number of nitrogens with zero attached hydrogens (tertiary/aromatic N) is 1. The SMILES string of the molecule is N#Cc1cc(Br)ccc1NCc1cc(F)ccc1Br. The van der Waals surface area contributed by atoms with Crippen LogP contribution in [0.4, 0.5) is 10.1 Å². The maximum Gasteiger partial charge on any atom is 0.123 e. The molecule has 5 heteroatoms. The Bertz CT molecular complexity index is 650. The second kappa shape index (κ2) is 6.18. The number of rotatable bonds is 3. The Balaban J connectivity index is 2.19. The molecule has 0 heterocycles. The molecule has 0 fully saturated rings. The maximum atomic E-state index is 13.2. The molecule has 0 saturated heterocycles. The van der Waals surface area contributed by atoms with Crippen molar-refractivity contribution in [2.45, 2.75) is 6.54 Å². The first-order valence-corrected chi connectivity index (χ1v) is 7.06. The summed E-state index contributed by atoms with van der Waals surface area (Å²) >= 11 is 6.69. The second-order valence-electron chi connectivity index (χ2n) is 3.89. The average molecular weight is 384 g/mol. The van der Waals surface area contributed by atoms with E-state index in [1.807, 2.05) is 12.1 Å². The third-order valence-corrected chi connectivity index (χ3v) is 3.85. The lowest BCUT2D eigenvalue weighted by Gasteiger charge is -2.10. The van der Waals surface area contributed by atoms with E-state index in [0.29, 0.717) is 12.1 Å². The molecule has 0 aliphatic rings. The summed E-state index contributed by atoms with van der Waals surface area (Å²) in [6.07, 6.45) is 0. The summed E-state index contributed by atoms with van der Waals surface area (Å²) in [6, 6.07) is 12.0. The van der Waals surface area contributed by atoms with Crippen LogP contribution in [0.15, 0.2) is 45.3 Å². The lowest BCUT2D eigenvalue weighted by Crippen LogP contribution is -2.02. The lowest BCUT2D eigenvalue weighted by atomic mass is 10.1. The minimum absolute atomic E-state index is 0.281. The molecule has 2 aromatic rings. The van der Waals surface area contributed by atoms with E-state index < -0.39 is 0 Å². The molecular weight excluding hydrogens is 375 g/mol. The molecule has 0 saturated carbocycles. The van der Waals surface area contributed by atoms with E-state index in [4.69, 9.17) is 5.26 Å². The third kappa shape index (κ3) is 3.55. The van der Waals surface area contributed by atoms with Crippen molar-refractivity contribution in [1.82, 2.24) is 0 Å². The zero-order valence-corrected chi connectivity index (χ0v) is 12.9. The van der Waals surface area contributed by atoms with Crippen LogP contribution >= 0.6 is 31.9 Å². The van der Waals surface area contributed by atoms with E-state index in [0.717, 1.165) is 20.2 Å². The van der Waals surface area contributed by atoms with Crippen LogP contribution in [0, 0.1) is 17.1 Å². The normalized spacial score (nSPS) is 10.0. The maximum absolute atomic E-state index is 13.2. The van der Waals surface area contributed by atoms with Crippen LogP contribution in [0.1, 0.15) is 11.1 Å². The molecule has 0 spiro atoms. The summed E-state index contributed by atoms with van der Waals surface area (Å²) in [7, 11) is 0. The van der Waals surface area contributed by atoms with Crippen molar-refractivity contribution in [2.24, 2.45) is 0 Å². The Morgan fingerprint density at radius 3 is 2.68 bits per heavy atom. The molecule has 96 valence electrons. The third-order valence-electron chi connectivity index (χ3n) is 2.58. The first-order valence-electron chi connectivity index (χ1n) is 5.47. The number of benzene rings is 2. The minimum atomic E-state index is -0.281. The van der Waals surface area contributed by atoms with Gasteiger partial charge < -0.3 is 5.32 Å². The molecule has 0 atom stereocenters. The summed E-state index contributed by atoms with van der Waals surface area (Å²) in [6.45, 7) is 0.439. The van der Waals surface area contributed by atoms with E-state index in [1.54, 1.807) is 12.1 Å². The van der Waals surface area contributed by atoms with Gasteiger partial charge in [0.05, 0.1) is 11.3 Å². The van der Waals surface area contributed by atoms with Crippen molar-refractivity contribution in [3.63, 3.8) is 0 Å². The molecule has 0 aliphatic carbocycles. The highest BCUT2D eigenvalue weighted by atomic mass is 79.9. The topological polar surface area (TPSA) is 35.8 Å². The smallest absolute Gasteiger partial charge is 0.123 e. The predicted octanol–water partition coefficient (Wildman–Crippen LogP) is 4.83. The number of halogens is 3. The van der Waals surface area contributed by atoms with E-state index in [2.05, 4.69) is 43.2 Å². The van der Waals surface area contributed by atoms with Gasteiger partial charge in [0.25, 0.3) is 0 Å². The van der Waals surface area contributed by atoms with Crippen LogP contribution in [0.25, 0.3) is 0 Å². The number of nitriles is 1. The highest BCUT2D eigenvalue weighted by Gasteiger charge is 2.05. The quantitative estimate of drug-likeness (QED) is 0.823. The largest absolute Gasteiger partial charge is 0.380 e. The highest BCUT2D eigenvalue weighted by molar-refractivity contribution is 9.10. The Hall–Kier alpha value is -1.38. The van der Waals surface area contributed by atoms with Crippen molar-refractivity contribution in [3.8, 4) is 6.07 Å². The molecule has 1 N–H and O–H groups in total. The monoisotopic (exact) mass is 382 g/mol. The summed E-state index contributed by atoms with van der Waals surface area (Å²) in [5.41, 5.74) is 2.07. The van der Waals surface area contributed by atoms with Crippen molar-refractivity contribution in [1.29, 1.82) is 5.26 Å². The fourth-order valence-corrected chi connectivity index (χ4v) is 2.38. The van der Waals surface area contributed by atoms with Crippen molar-refractivity contribution >= 4 is 37.5 Å². The van der Waals surface area contributed by atoms with Gasteiger partial charge in [0, 0.05) is 15.5 Å². The predicted molar refractivity (Wildman–Crippen MR) is 80.3 cm³/mol. The van der Waals surface area contributed by atoms with Crippen molar-refractivity contribution in [2.75, 3.05) is 5.32 Å². The summed E-state index contributed by atoms with van der Waals surface area (Å²) in [5.74, 6) is -0.281. The molecular formula is C14H9Br2FN2. The summed E-state index contributed by atoms with van der Waals surface area (Å²) in [5, 5.41) is 12.2. The van der Waals surface area contributed by atoms with Crippen LogP contribution in [-0.2, 0) is 6.54 Å². The zero-order chi connectivity index (χ0) is 13.8. The number of anilines is 1. The fraction of sp³-hybridized carbons (Fsp3) is 0.0714. The zero-order valence-electron chi connectivity index (χ0n) is 9.75. The number of hydrogen-bond acceptors (Lipinski definition) is 2. The summed E-state index contributed by atoms with van der Waals surface area (Å²) in [4.78, 5) is 0. The van der Waals surface area contributed by atoms with Gasteiger partial charge in [0.1, 0.15) is 11.9 Å². The van der Waals surface area contributed by atoms with Crippen molar-refractivity contribution < 1.29 is 4.39 Å². The van der Waals surface area contributed by atoms with E-state index in [1.165, 1.54) is 12.1 Å². The van der Waals surface area contributed by atoms with Gasteiger partial charge in [-0.15, -0.1) is 0 Å². The first kappa shape index (κ1) is 14.0. The highest BCUT2D eigenvalue weighted by Crippen LogP contribution is 2.23. The standard InChI is InChI=1S/C14H9Br2FN2/c15-11-1-4-14(9(5-11)7-18)19-8-10-6-12(17)2-3-13(10)16/h1-6,19H,8H2. The Labute approximate surface area is 127 Å². The van der Waals surface area contributed by atoms with Crippen LogP contribution in [-0.4, -0.2) is 0 Å². The number of nitrogens with one attached hydrogen (secondary N) is 1. The first-order chi connectivity index (χ1) is 9.10. The van der Waals surface area contributed by atoms with Crippen LogP contribution in [0.3, 0.4) is 0 Å². The van der Waals surface area contributed by atoms with Gasteiger partial charge in [-0.2, -0.15) is 5.26 Å².